The summed E-state index contributed by atoms with van der Waals surface area (Å²) in [4.78, 5) is 9.00. The Hall–Kier alpha value is -2.13. The summed E-state index contributed by atoms with van der Waals surface area (Å²) >= 11 is 0. The molecule has 0 aromatic heterocycles. The van der Waals surface area contributed by atoms with E-state index in [0.717, 1.165) is 13.1 Å². The predicted molar refractivity (Wildman–Crippen MR) is 141 cm³/mol. The summed E-state index contributed by atoms with van der Waals surface area (Å²) in [6.07, 6.45) is 3.66. The number of carbonyl (C=O) groups is 1. The van der Waals surface area contributed by atoms with E-state index in [4.69, 9.17) is 9.90 Å². The molecule has 33 heavy (non-hydrogen) atoms. The van der Waals surface area contributed by atoms with E-state index in [1.165, 1.54) is 21.2 Å². The van der Waals surface area contributed by atoms with Crippen LogP contribution >= 0.6 is 15.8 Å². The van der Waals surface area contributed by atoms with Crippen LogP contribution < -0.4 is 21.2 Å². The molecule has 4 aromatic rings. The molecule has 0 saturated carbocycles. The minimum Gasteiger partial charge on any atom is -0.481 e. The maximum absolute atomic E-state index is 9.00. The van der Waals surface area contributed by atoms with E-state index in [9.17, 15) is 0 Å². The van der Waals surface area contributed by atoms with Crippen molar-refractivity contribution in [2.75, 3.05) is 6.16 Å². The summed E-state index contributed by atoms with van der Waals surface area (Å²) in [6.45, 7) is 1.08. The number of rotatable bonds is 7. The molecule has 0 fully saturated rings. The van der Waals surface area contributed by atoms with E-state index in [2.05, 4.69) is 127 Å². The maximum atomic E-state index is 9.00. The van der Waals surface area contributed by atoms with Crippen LogP contribution in [0.15, 0.2) is 121 Å². The molecule has 0 amide bonds. The topological polar surface area (TPSA) is 37.3 Å². The molecule has 0 aliphatic heterocycles. The van der Waals surface area contributed by atoms with Crippen LogP contribution in [0.4, 0.5) is 0 Å². The predicted octanol–water partition coefficient (Wildman–Crippen LogP) is 5.50. The van der Waals surface area contributed by atoms with Gasteiger partial charge in [0.15, 0.2) is 0 Å². The Balaban J connectivity index is 0.000000714. The van der Waals surface area contributed by atoms with Gasteiger partial charge < -0.3 is 5.11 Å². The molecule has 4 aromatic carbocycles. The van der Waals surface area contributed by atoms with Gasteiger partial charge >= 0.3 is 0 Å². The van der Waals surface area contributed by atoms with Crippen LogP contribution in [0.1, 0.15) is 6.92 Å². The average molecular weight is 564 g/mol. The number of aliphatic carboxylic acids is 1. The summed E-state index contributed by atoms with van der Waals surface area (Å²) in [5.74, 6) is -0.833. The molecule has 4 rings (SSSR count). The standard InChI is InChI=1S/C26H23P2.C2H4O2.Pd/c1-5-13-23(14-6-1)27(24-15-7-2-8-16-24)21-22-28(25-17-9-3-10-18-25)26-19-11-4-12-20-26;1-2(3)4;/h1-21H,22H2;1H3,(H,3,4);/q-1;;. The quantitative estimate of drug-likeness (QED) is 0.183. The Bertz CT molecular complexity index is 896. The fourth-order valence-electron chi connectivity index (χ4n) is 3.28. The molecule has 0 saturated heterocycles. The van der Waals surface area contributed by atoms with Gasteiger partial charge in [-0.2, -0.15) is 0 Å². The van der Waals surface area contributed by atoms with Gasteiger partial charge in [-0.1, -0.05) is 140 Å². The summed E-state index contributed by atoms with van der Waals surface area (Å²) in [5.41, 5.74) is 0. The molecule has 0 aliphatic carbocycles. The monoisotopic (exact) mass is 563 g/mol. The van der Waals surface area contributed by atoms with Crippen molar-refractivity contribution in [3.05, 3.63) is 127 Å². The van der Waals surface area contributed by atoms with Crippen molar-refractivity contribution in [2.45, 2.75) is 6.92 Å². The molecule has 0 heterocycles. The molecule has 5 heteroatoms. The van der Waals surface area contributed by atoms with Gasteiger partial charge in [0.1, 0.15) is 0 Å². The van der Waals surface area contributed by atoms with Crippen LogP contribution in [0, 0.1) is 6.16 Å². The van der Waals surface area contributed by atoms with Crippen LogP contribution in [0.5, 0.6) is 0 Å². The van der Waals surface area contributed by atoms with Gasteiger partial charge in [-0.15, -0.1) is 6.16 Å². The Labute approximate surface area is 213 Å². The number of carboxylic acid groups (broad SMARTS) is 1. The van der Waals surface area contributed by atoms with Gasteiger partial charge in [-0.25, -0.2) is 7.92 Å². The smallest absolute Gasteiger partial charge is 0.300 e. The number of hydrogen-bond donors (Lipinski definition) is 1. The molecule has 0 bridgehead atoms. The Morgan fingerprint density at radius 3 is 1.21 bits per heavy atom. The van der Waals surface area contributed by atoms with Crippen LogP contribution in [0.3, 0.4) is 0 Å². The molecule has 2 nitrogen and oxygen atoms in total. The first-order valence-electron chi connectivity index (χ1n) is 10.4. The van der Waals surface area contributed by atoms with Crippen molar-refractivity contribution >= 4 is 43.0 Å². The third-order valence-corrected chi connectivity index (χ3v) is 9.59. The molecule has 172 valence electrons. The average Bonchev–Trinajstić information content (AvgIpc) is 2.84. The summed E-state index contributed by atoms with van der Waals surface area (Å²) in [6, 6.07) is 43.8. The molecule has 0 aliphatic rings. The first-order valence-corrected chi connectivity index (χ1v) is 13.4. The minimum absolute atomic E-state index is 0. The molecule has 0 unspecified atom stereocenters. The second kappa shape index (κ2) is 14.9. The zero-order valence-corrected chi connectivity index (χ0v) is 21.7. The van der Waals surface area contributed by atoms with Crippen molar-refractivity contribution in [3.8, 4) is 0 Å². The van der Waals surface area contributed by atoms with Crippen LogP contribution in [0.2, 0.25) is 0 Å². The van der Waals surface area contributed by atoms with Crippen LogP contribution in [0.25, 0.3) is 0 Å². The normalized spacial score (nSPS) is 10.2. The van der Waals surface area contributed by atoms with Gasteiger partial charge in [0.25, 0.3) is 5.97 Å². The van der Waals surface area contributed by atoms with E-state index in [1.54, 1.807) is 0 Å². The summed E-state index contributed by atoms with van der Waals surface area (Å²) in [7, 11) is -0.876. The summed E-state index contributed by atoms with van der Waals surface area (Å²) < 4.78 is 0. The van der Waals surface area contributed by atoms with Gasteiger partial charge in [0, 0.05) is 27.3 Å². The molecule has 0 spiro atoms. The maximum Gasteiger partial charge on any atom is 0.300 e. The fourth-order valence-corrected chi connectivity index (χ4v) is 8.07. The number of carboxylic acids is 1. The van der Waals surface area contributed by atoms with E-state index in [0.29, 0.717) is 0 Å². The molecule has 0 atom stereocenters. The van der Waals surface area contributed by atoms with E-state index in [-0.39, 0.29) is 20.4 Å². The zero-order chi connectivity index (χ0) is 22.6. The van der Waals surface area contributed by atoms with Gasteiger partial charge in [-0.05, 0) is 10.6 Å². The fraction of sp³-hybridized carbons (Fsp3) is 0.0714. The Morgan fingerprint density at radius 1 is 0.636 bits per heavy atom. The van der Waals surface area contributed by atoms with Crippen molar-refractivity contribution < 1.29 is 30.3 Å². The molecule has 1 N–H and O–H groups in total. The van der Waals surface area contributed by atoms with E-state index in [1.807, 2.05) is 0 Å². The third-order valence-electron chi connectivity index (χ3n) is 4.65. The molecular formula is C28H27O2P2Pd-. The zero-order valence-electron chi connectivity index (χ0n) is 18.4. The van der Waals surface area contributed by atoms with Crippen LogP contribution in [-0.2, 0) is 25.2 Å². The third kappa shape index (κ3) is 8.97. The Kier molecular flexibility index (Phi) is 12.3. The Morgan fingerprint density at radius 2 is 0.909 bits per heavy atom. The molecular weight excluding hydrogens is 537 g/mol. The van der Waals surface area contributed by atoms with Gasteiger partial charge in [-0.3, -0.25) is 11.0 Å². The molecule has 0 radical (unpaired) electrons. The SMILES string of the molecule is CC(=O)O.[Pd].c1ccc(P([CH-]CP(c2ccccc2)c2ccccc2)c2ccccc2)cc1. The van der Waals surface area contributed by atoms with Crippen molar-refractivity contribution in [3.63, 3.8) is 0 Å². The first-order chi connectivity index (χ1) is 15.6. The van der Waals surface area contributed by atoms with Crippen molar-refractivity contribution in [1.82, 2.24) is 0 Å². The van der Waals surface area contributed by atoms with E-state index < -0.39 is 21.8 Å². The number of hydrogen-bond acceptors (Lipinski definition) is 1. The first kappa shape index (κ1) is 27.1. The number of benzene rings is 4. The van der Waals surface area contributed by atoms with Gasteiger partial charge in [0.05, 0.1) is 0 Å². The van der Waals surface area contributed by atoms with Crippen molar-refractivity contribution in [1.29, 1.82) is 0 Å². The largest absolute Gasteiger partial charge is 0.481 e. The summed E-state index contributed by atoms with van der Waals surface area (Å²) in [5, 5.41) is 13.1. The second-order valence-electron chi connectivity index (χ2n) is 7.02. The van der Waals surface area contributed by atoms with Crippen molar-refractivity contribution in [2.24, 2.45) is 0 Å². The second-order valence-corrected chi connectivity index (χ2v) is 11.4. The van der Waals surface area contributed by atoms with Gasteiger partial charge in [0.2, 0.25) is 0 Å². The minimum atomic E-state index is -0.833. The van der Waals surface area contributed by atoms with E-state index >= 15 is 0 Å². The van der Waals surface area contributed by atoms with Crippen LogP contribution in [-0.4, -0.2) is 17.2 Å².